The minimum atomic E-state index is -0.748. The highest BCUT2D eigenvalue weighted by Gasteiger charge is 2.34. The van der Waals surface area contributed by atoms with Gasteiger partial charge in [-0.15, -0.1) is 0 Å². The van der Waals surface area contributed by atoms with Crippen LogP contribution in [-0.2, 0) is 33.9 Å². The van der Waals surface area contributed by atoms with Crippen molar-refractivity contribution in [2.75, 3.05) is 76.3 Å². The number of hydrogen-bond acceptors (Lipinski definition) is 6. The van der Waals surface area contributed by atoms with Crippen molar-refractivity contribution < 1.29 is 18.8 Å². The van der Waals surface area contributed by atoms with Gasteiger partial charge in [0, 0.05) is 110 Å². The van der Waals surface area contributed by atoms with Crippen molar-refractivity contribution in [1.29, 1.82) is 0 Å². The molecule has 3 amide bonds. The summed E-state index contributed by atoms with van der Waals surface area (Å²) in [6.07, 6.45) is 3.53. The molecule has 0 aromatic heterocycles. The highest BCUT2D eigenvalue weighted by Crippen LogP contribution is 2.23. The Hall–Kier alpha value is -5.48. The first-order valence-electron chi connectivity index (χ1n) is 18.8. The van der Waals surface area contributed by atoms with E-state index in [1.54, 1.807) is 30.0 Å². The lowest BCUT2D eigenvalue weighted by Crippen LogP contribution is -2.56. The van der Waals surface area contributed by atoms with Crippen molar-refractivity contribution >= 4 is 35.2 Å². The molecule has 2 aliphatic heterocycles. The molecule has 4 aromatic rings. The second kappa shape index (κ2) is 18.0. The molecule has 0 aliphatic carbocycles. The highest BCUT2D eigenvalue weighted by atomic mass is 19.1. The first-order chi connectivity index (χ1) is 26.1. The van der Waals surface area contributed by atoms with Gasteiger partial charge in [-0.1, -0.05) is 66.7 Å². The summed E-state index contributed by atoms with van der Waals surface area (Å²) in [6.45, 7) is 8.12. The molecule has 1 atom stereocenters. The van der Waals surface area contributed by atoms with E-state index in [-0.39, 0.29) is 30.1 Å². The van der Waals surface area contributed by atoms with Crippen molar-refractivity contribution in [3.63, 3.8) is 0 Å². The second-order valence-corrected chi connectivity index (χ2v) is 14.4. The van der Waals surface area contributed by atoms with Crippen molar-refractivity contribution in [3.05, 3.63) is 137 Å². The van der Waals surface area contributed by atoms with Gasteiger partial charge in [-0.2, -0.15) is 0 Å². The molecule has 2 heterocycles. The van der Waals surface area contributed by atoms with E-state index in [2.05, 4.69) is 51.1 Å². The number of carbonyl (C=O) groups is 3. The Kier molecular flexibility index (Phi) is 12.8. The van der Waals surface area contributed by atoms with Gasteiger partial charge >= 0.3 is 0 Å². The minimum Gasteiger partial charge on any atom is -0.378 e. The van der Waals surface area contributed by atoms with Crippen LogP contribution in [0, 0.1) is 5.82 Å². The van der Waals surface area contributed by atoms with E-state index >= 15 is 0 Å². The van der Waals surface area contributed by atoms with E-state index in [0.29, 0.717) is 38.2 Å². The van der Waals surface area contributed by atoms with Gasteiger partial charge in [-0.25, -0.2) is 4.39 Å². The Bertz CT molecular complexity index is 1870. The summed E-state index contributed by atoms with van der Waals surface area (Å²) in [7, 11) is 4.06. The van der Waals surface area contributed by atoms with Crippen LogP contribution in [0.15, 0.2) is 109 Å². The van der Waals surface area contributed by atoms with Gasteiger partial charge in [0.2, 0.25) is 17.7 Å². The maximum atomic E-state index is 14.7. The van der Waals surface area contributed by atoms with Gasteiger partial charge in [0.25, 0.3) is 0 Å². The molecule has 0 N–H and O–H groups in total. The summed E-state index contributed by atoms with van der Waals surface area (Å²) >= 11 is 0. The zero-order valence-corrected chi connectivity index (χ0v) is 31.6. The van der Waals surface area contributed by atoms with Crippen LogP contribution in [0.3, 0.4) is 0 Å². The van der Waals surface area contributed by atoms with Crippen LogP contribution in [0.1, 0.15) is 29.2 Å². The highest BCUT2D eigenvalue weighted by molar-refractivity contribution is 5.95. The maximum absolute atomic E-state index is 14.7. The van der Waals surface area contributed by atoms with Crippen LogP contribution in [0.2, 0.25) is 0 Å². The summed E-state index contributed by atoms with van der Waals surface area (Å²) in [6, 6.07) is 31.8. The fourth-order valence-corrected chi connectivity index (χ4v) is 7.13. The Morgan fingerprint density at radius 3 is 1.93 bits per heavy atom. The van der Waals surface area contributed by atoms with Gasteiger partial charge in [0.05, 0.1) is 0 Å². The molecule has 9 nitrogen and oxygen atoms in total. The summed E-state index contributed by atoms with van der Waals surface area (Å²) < 4.78 is 13.6. The first-order valence-corrected chi connectivity index (χ1v) is 18.8. The smallest absolute Gasteiger partial charge is 0.247 e. The third kappa shape index (κ3) is 10.1. The van der Waals surface area contributed by atoms with Gasteiger partial charge in [-0.3, -0.25) is 19.3 Å². The average Bonchev–Trinajstić information content (AvgIpc) is 3.20. The number of amides is 3. The van der Waals surface area contributed by atoms with E-state index in [4.69, 9.17) is 0 Å². The monoisotopic (exact) mass is 730 g/mol. The summed E-state index contributed by atoms with van der Waals surface area (Å²) in [5, 5.41) is 0. The Morgan fingerprint density at radius 1 is 0.704 bits per heavy atom. The van der Waals surface area contributed by atoms with Crippen LogP contribution in [-0.4, -0.2) is 110 Å². The Balaban J connectivity index is 1.22. The second-order valence-electron chi connectivity index (χ2n) is 14.4. The van der Waals surface area contributed by atoms with Crippen LogP contribution in [0.25, 0.3) is 6.08 Å². The van der Waals surface area contributed by atoms with Crippen molar-refractivity contribution in [1.82, 2.24) is 19.6 Å². The molecule has 282 valence electrons. The van der Waals surface area contributed by atoms with E-state index in [0.717, 1.165) is 55.2 Å². The third-order valence-corrected chi connectivity index (χ3v) is 10.4. The van der Waals surface area contributed by atoms with Crippen LogP contribution in [0.4, 0.5) is 15.8 Å². The third-order valence-electron chi connectivity index (χ3n) is 10.4. The van der Waals surface area contributed by atoms with E-state index in [1.807, 2.05) is 66.4 Å². The lowest BCUT2D eigenvalue weighted by molar-refractivity contribution is -0.145. The lowest BCUT2D eigenvalue weighted by atomic mass is 10.0. The number of hydrogen-bond donors (Lipinski definition) is 0. The molecule has 6 rings (SSSR count). The number of rotatable bonds is 12. The van der Waals surface area contributed by atoms with E-state index in [1.165, 1.54) is 23.8 Å². The van der Waals surface area contributed by atoms with Gasteiger partial charge in [0.15, 0.2) is 0 Å². The molecule has 2 fully saturated rings. The van der Waals surface area contributed by atoms with E-state index < -0.39 is 6.04 Å². The number of nitrogens with zero attached hydrogens (tertiary/aromatic N) is 6. The fourth-order valence-electron chi connectivity index (χ4n) is 7.13. The maximum Gasteiger partial charge on any atom is 0.247 e. The molecule has 0 radical (unpaired) electrons. The molecule has 0 spiro atoms. The molecule has 54 heavy (non-hydrogen) atoms. The minimum absolute atomic E-state index is 0.0719. The van der Waals surface area contributed by atoms with Crippen molar-refractivity contribution in [3.8, 4) is 0 Å². The fraction of sp³-hybridized carbons (Fsp3) is 0.341. The zero-order valence-electron chi connectivity index (χ0n) is 31.6. The number of carbonyl (C=O) groups excluding carboxylic acids is 3. The molecule has 2 aliphatic rings. The van der Waals surface area contributed by atoms with Crippen LogP contribution < -0.4 is 9.80 Å². The molecule has 0 bridgehead atoms. The number of benzene rings is 4. The van der Waals surface area contributed by atoms with E-state index in [9.17, 15) is 18.8 Å². The standard InChI is InChI=1S/C44H51FN6O3/c1-34(52)48-27-29-49(30-28-48)41-20-13-38(14-21-41)33-51(43(53)22-15-35-9-16-39(45)17-10-35)42(31-36-7-5-4-6-8-36)44(54)50-25-23-47(24-26-50)32-37-11-18-40(19-12-37)46(2)3/h4-22,42H,23-33H2,1-3H3. The largest absolute Gasteiger partial charge is 0.378 e. The predicted molar refractivity (Wildman–Crippen MR) is 213 cm³/mol. The topological polar surface area (TPSA) is 70.6 Å². The summed E-state index contributed by atoms with van der Waals surface area (Å²) in [4.78, 5) is 52.9. The van der Waals surface area contributed by atoms with Gasteiger partial charge in [-0.05, 0) is 64.7 Å². The first kappa shape index (κ1) is 38.3. The van der Waals surface area contributed by atoms with Crippen LogP contribution in [0.5, 0.6) is 0 Å². The van der Waals surface area contributed by atoms with Crippen LogP contribution >= 0.6 is 0 Å². The molecule has 4 aromatic carbocycles. The molecule has 10 heteroatoms. The quantitative estimate of drug-likeness (QED) is 0.178. The molecule has 1 unspecified atom stereocenters. The zero-order chi connectivity index (χ0) is 38.0. The number of anilines is 2. The summed E-state index contributed by atoms with van der Waals surface area (Å²) in [5.41, 5.74) is 6.01. The molecule has 2 saturated heterocycles. The molecular formula is C44H51FN6O3. The van der Waals surface area contributed by atoms with Crippen molar-refractivity contribution in [2.24, 2.45) is 0 Å². The molecular weight excluding hydrogens is 680 g/mol. The van der Waals surface area contributed by atoms with Gasteiger partial charge < -0.3 is 24.5 Å². The number of halogens is 1. The van der Waals surface area contributed by atoms with Gasteiger partial charge in [0.1, 0.15) is 11.9 Å². The Morgan fingerprint density at radius 2 is 1.31 bits per heavy atom. The average molecular weight is 731 g/mol. The summed E-state index contributed by atoms with van der Waals surface area (Å²) in [5.74, 6) is -0.619. The SMILES string of the molecule is CC(=O)N1CCN(c2ccc(CN(C(=O)C=Cc3ccc(F)cc3)C(Cc3ccccc3)C(=O)N3CCN(Cc4ccc(N(C)C)cc4)CC3)cc2)CC1. The Labute approximate surface area is 318 Å². The predicted octanol–water partition coefficient (Wildman–Crippen LogP) is 5.56. The lowest BCUT2D eigenvalue weighted by Gasteiger charge is -2.39. The molecule has 0 saturated carbocycles. The number of piperazine rings is 2. The van der Waals surface area contributed by atoms with Crippen molar-refractivity contribution in [2.45, 2.75) is 32.5 Å². The normalized spacial score (nSPS) is 15.7.